The van der Waals surface area contributed by atoms with E-state index in [0.29, 0.717) is 12.1 Å². The lowest BCUT2D eigenvalue weighted by Gasteiger charge is -2.19. The van der Waals surface area contributed by atoms with E-state index in [4.69, 9.17) is 5.11 Å². The summed E-state index contributed by atoms with van der Waals surface area (Å²) < 4.78 is 24.6. The Balaban J connectivity index is 2.77. The van der Waals surface area contributed by atoms with Crippen molar-refractivity contribution in [3.05, 3.63) is 11.8 Å². The number of aliphatic hydroxyl groups excluding tert-OH is 1. The van der Waals surface area contributed by atoms with Crippen molar-refractivity contribution in [1.82, 2.24) is 4.90 Å². The first-order valence-corrected chi connectivity index (χ1v) is 14.0. The molecular formula is C24H43NO5S. The third-order valence-electron chi connectivity index (χ3n) is 5.93. The molecule has 1 aliphatic heterocycles. The second-order valence-electron chi connectivity index (χ2n) is 8.62. The van der Waals surface area contributed by atoms with Crippen molar-refractivity contribution in [1.29, 1.82) is 0 Å². The van der Waals surface area contributed by atoms with E-state index in [1.807, 2.05) is 6.08 Å². The summed E-state index contributed by atoms with van der Waals surface area (Å²) in [6, 6.07) is 0. The zero-order chi connectivity index (χ0) is 23.1. The van der Waals surface area contributed by atoms with Gasteiger partial charge in [-0.15, -0.1) is 0 Å². The van der Waals surface area contributed by atoms with Crippen molar-refractivity contribution in [3.8, 4) is 0 Å². The average Bonchev–Trinajstić information content (AvgIpc) is 3.03. The van der Waals surface area contributed by atoms with E-state index in [1.165, 1.54) is 44.9 Å². The highest BCUT2D eigenvalue weighted by atomic mass is 32.2. The third kappa shape index (κ3) is 9.85. The lowest BCUT2D eigenvalue weighted by atomic mass is 10.1. The molecule has 1 rings (SSSR count). The number of carbonyl (C=O) groups excluding carboxylic acids is 2. The standard InChI is InChI=1S/C24H43NO5S/c1-3-5-7-9-11-13-15-17-21(16-14-12-10-8-6-4-2)25-23(27)20-22(24(25)28)31(29,30)19-18-26/h17,22,26H,3-16,18-20H2,1-2H3. The number of likely N-dealkylation sites (tertiary alicyclic amines) is 1. The smallest absolute Gasteiger partial charge is 0.252 e. The van der Waals surface area contributed by atoms with E-state index in [9.17, 15) is 18.0 Å². The number of amides is 2. The number of imide groups is 1. The van der Waals surface area contributed by atoms with Gasteiger partial charge in [0, 0.05) is 5.70 Å². The fourth-order valence-electron chi connectivity index (χ4n) is 4.04. The van der Waals surface area contributed by atoms with Crippen LogP contribution in [0.25, 0.3) is 0 Å². The van der Waals surface area contributed by atoms with Crippen LogP contribution in [0.5, 0.6) is 0 Å². The Morgan fingerprint density at radius 2 is 1.48 bits per heavy atom. The number of aliphatic hydroxyl groups is 1. The largest absolute Gasteiger partial charge is 0.395 e. The average molecular weight is 458 g/mol. The lowest BCUT2D eigenvalue weighted by molar-refractivity contribution is -0.136. The second-order valence-corrected chi connectivity index (χ2v) is 10.9. The van der Waals surface area contributed by atoms with E-state index in [0.717, 1.165) is 43.4 Å². The Labute approximate surface area is 189 Å². The molecule has 0 aromatic rings. The summed E-state index contributed by atoms with van der Waals surface area (Å²) in [7, 11) is -3.82. The van der Waals surface area contributed by atoms with Gasteiger partial charge in [-0.3, -0.25) is 14.5 Å². The Kier molecular flexibility index (Phi) is 14.0. The molecule has 0 aliphatic carbocycles. The number of rotatable bonds is 18. The minimum atomic E-state index is -3.82. The van der Waals surface area contributed by atoms with Gasteiger partial charge in [-0.25, -0.2) is 8.42 Å². The van der Waals surface area contributed by atoms with E-state index in [2.05, 4.69) is 13.8 Å². The van der Waals surface area contributed by atoms with Gasteiger partial charge in [-0.1, -0.05) is 84.1 Å². The Bertz CT molecular complexity index is 671. The van der Waals surface area contributed by atoms with Crippen LogP contribution in [0, 0.1) is 0 Å². The van der Waals surface area contributed by atoms with Crippen molar-refractivity contribution < 1.29 is 23.1 Å². The molecule has 1 fully saturated rings. The Morgan fingerprint density at radius 3 is 2.06 bits per heavy atom. The quantitative estimate of drug-likeness (QED) is 0.233. The first-order valence-electron chi connectivity index (χ1n) is 12.3. The van der Waals surface area contributed by atoms with Gasteiger partial charge in [0.25, 0.3) is 5.91 Å². The fraction of sp³-hybridized carbons (Fsp3) is 0.833. The molecule has 0 radical (unpaired) electrons. The Hall–Kier alpha value is -1.21. The molecule has 1 atom stereocenters. The van der Waals surface area contributed by atoms with Crippen LogP contribution in [0.15, 0.2) is 11.8 Å². The first kappa shape index (κ1) is 27.8. The van der Waals surface area contributed by atoms with Gasteiger partial charge in [-0.2, -0.15) is 0 Å². The molecule has 0 aromatic carbocycles. The molecule has 1 N–H and O–H groups in total. The predicted molar refractivity (Wildman–Crippen MR) is 125 cm³/mol. The highest BCUT2D eigenvalue weighted by Gasteiger charge is 2.46. The number of nitrogens with zero attached hydrogens (tertiary/aromatic N) is 1. The van der Waals surface area contributed by atoms with E-state index >= 15 is 0 Å². The molecule has 31 heavy (non-hydrogen) atoms. The van der Waals surface area contributed by atoms with Crippen LogP contribution in [0.1, 0.15) is 110 Å². The van der Waals surface area contributed by atoms with E-state index in [1.54, 1.807) is 0 Å². The van der Waals surface area contributed by atoms with Crippen molar-refractivity contribution in [2.24, 2.45) is 0 Å². The highest BCUT2D eigenvalue weighted by molar-refractivity contribution is 7.92. The summed E-state index contributed by atoms with van der Waals surface area (Å²) in [6.07, 6.45) is 16.7. The lowest BCUT2D eigenvalue weighted by Crippen LogP contribution is -2.36. The zero-order valence-electron chi connectivity index (χ0n) is 19.6. The van der Waals surface area contributed by atoms with Crippen LogP contribution in [0.3, 0.4) is 0 Å². The maximum Gasteiger partial charge on any atom is 0.252 e. The van der Waals surface area contributed by atoms with Gasteiger partial charge in [0.05, 0.1) is 18.8 Å². The first-order chi connectivity index (χ1) is 14.9. The molecule has 1 heterocycles. The topological polar surface area (TPSA) is 91.8 Å². The number of carbonyl (C=O) groups is 2. The molecule has 0 saturated carbocycles. The van der Waals surface area contributed by atoms with Gasteiger partial charge in [0.1, 0.15) is 5.25 Å². The molecule has 0 bridgehead atoms. The highest BCUT2D eigenvalue weighted by Crippen LogP contribution is 2.28. The van der Waals surface area contributed by atoms with Gasteiger partial charge >= 0.3 is 0 Å². The zero-order valence-corrected chi connectivity index (χ0v) is 20.4. The van der Waals surface area contributed by atoms with Crippen molar-refractivity contribution >= 4 is 21.7 Å². The molecule has 180 valence electrons. The van der Waals surface area contributed by atoms with Gasteiger partial charge in [0.2, 0.25) is 5.91 Å². The molecular weight excluding hydrogens is 414 g/mol. The molecule has 1 unspecified atom stereocenters. The predicted octanol–water partition coefficient (Wildman–Crippen LogP) is 4.91. The van der Waals surface area contributed by atoms with Gasteiger partial charge < -0.3 is 5.11 Å². The summed E-state index contributed by atoms with van der Waals surface area (Å²) in [5.74, 6) is -1.56. The molecule has 0 spiro atoms. The third-order valence-corrected chi connectivity index (χ3v) is 7.91. The molecule has 1 saturated heterocycles. The fourth-order valence-corrected chi connectivity index (χ4v) is 5.39. The van der Waals surface area contributed by atoms with Crippen LogP contribution in [-0.2, 0) is 19.4 Å². The number of hydrogen-bond acceptors (Lipinski definition) is 5. The summed E-state index contributed by atoms with van der Waals surface area (Å²) in [4.78, 5) is 26.6. The molecule has 2 amide bonds. The normalized spacial score (nSPS) is 17.7. The van der Waals surface area contributed by atoms with Crippen molar-refractivity contribution in [2.45, 2.75) is 115 Å². The maximum absolute atomic E-state index is 12.9. The molecule has 6 nitrogen and oxygen atoms in total. The van der Waals surface area contributed by atoms with E-state index in [-0.39, 0.29) is 6.42 Å². The maximum atomic E-state index is 12.9. The van der Waals surface area contributed by atoms with Gasteiger partial charge in [-0.05, 0) is 25.7 Å². The second kappa shape index (κ2) is 15.6. The molecule has 7 heteroatoms. The minimum Gasteiger partial charge on any atom is -0.395 e. The van der Waals surface area contributed by atoms with Gasteiger partial charge in [0.15, 0.2) is 9.84 Å². The monoisotopic (exact) mass is 457 g/mol. The summed E-state index contributed by atoms with van der Waals surface area (Å²) in [5, 5.41) is 7.66. The number of unbranched alkanes of at least 4 members (excludes halogenated alkanes) is 11. The summed E-state index contributed by atoms with van der Waals surface area (Å²) in [5.41, 5.74) is 0.667. The summed E-state index contributed by atoms with van der Waals surface area (Å²) >= 11 is 0. The molecule has 0 aromatic heterocycles. The number of allylic oxidation sites excluding steroid dienone is 2. The van der Waals surface area contributed by atoms with Crippen LogP contribution >= 0.6 is 0 Å². The Morgan fingerprint density at radius 1 is 0.935 bits per heavy atom. The SMILES string of the molecule is CCCCCCCCC=C(CCCCCCCC)N1C(=O)CC(S(=O)(=O)CCO)C1=O. The minimum absolute atomic E-state index is 0.313. The van der Waals surface area contributed by atoms with Crippen LogP contribution in [0.4, 0.5) is 0 Å². The van der Waals surface area contributed by atoms with Crippen molar-refractivity contribution in [3.63, 3.8) is 0 Å². The number of sulfone groups is 1. The van der Waals surface area contributed by atoms with E-state index < -0.39 is 39.3 Å². The van der Waals surface area contributed by atoms with Crippen LogP contribution in [-0.4, -0.2) is 47.8 Å². The number of hydrogen-bond donors (Lipinski definition) is 1. The van der Waals surface area contributed by atoms with Crippen LogP contribution in [0.2, 0.25) is 0 Å². The summed E-state index contributed by atoms with van der Waals surface area (Å²) in [6.45, 7) is 3.82. The van der Waals surface area contributed by atoms with Crippen molar-refractivity contribution in [2.75, 3.05) is 12.4 Å². The molecule has 1 aliphatic rings. The van der Waals surface area contributed by atoms with Crippen LogP contribution < -0.4 is 0 Å².